The van der Waals surface area contributed by atoms with Crippen LogP contribution < -0.4 is 19.3 Å². The number of ether oxygens (including phenoxy) is 2. The third-order valence-corrected chi connectivity index (χ3v) is 9.09. The molecule has 5 aliphatic rings. The van der Waals surface area contributed by atoms with Crippen LogP contribution in [0.25, 0.3) is 0 Å². The van der Waals surface area contributed by atoms with Gasteiger partial charge in [-0.2, -0.15) is 0 Å². The molecule has 0 aromatic heterocycles. The predicted octanol–water partition coefficient (Wildman–Crippen LogP) is 3.75. The van der Waals surface area contributed by atoms with Gasteiger partial charge in [-0.25, -0.2) is 9.80 Å². The number of carbonyl (C=O) groups is 4. The normalized spacial score (nSPS) is 30.1. The zero-order chi connectivity index (χ0) is 27.8. The smallest absolute Gasteiger partial charge is 0.238 e. The lowest BCUT2D eigenvalue weighted by atomic mass is 9.45. The average molecular weight is 535 g/mol. The number of amides is 4. The van der Waals surface area contributed by atoms with Gasteiger partial charge in [0.05, 0.1) is 49.3 Å². The number of rotatable bonds is 5. The number of hydrogen-bond donors (Lipinski definition) is 0. The van der Waals surface area contributed by atoms with Crippen molar-refractivity contribution in [3.05, 3.63) is 96.6 Å². The van der Waals surface area contributed by atoms with Crippen LogP contribution in [0.3, 0.4) is 0 Å². The van der Waals surface area contributed by atoms with Crippen molar-refractivity contribution in [3.63, 3.8) is 0 Å². The number of anilines is 2. The van der Waals surface area contributed by atoms with Crippen molar-refractivity contribution in [3.8, 4) is 11.5 Å². The molecule has 2 bridgehead atoms. The van der Waals surface area contributed by atoms with Gasteiger partial charge in [-0.3, -0.25) is 19.2 Å². The van der Waals surface area contributed by atoms with E-state index in [0.29, 0.717) is 22.9 Å². The molecule has 0 N–H and O–H groups in total. The van der Waals surface area contributed by atoms with E-state index in [1.807, 2.05) is 42.5 Å². The molecule has 8 heteroatoms. The van der Waals surface area contributed by atoms with Gasteiger partial charge >= 0.3 is 0 Å². The number of imide groups is 2. The Morgan fingerprint density at radius 1 is 0.600 bits per heavy atom. The molecule has 0 spiro atoms. The molecular weight excluding hydrogens is 508 g/mol. The van der Waals surface area contributed by atoms with E-state index in [0.717, 1.165) is 5.56 Å². The number of allylic oxidation sites excluding steroid dienone is 2. The minimum absolute atomic E-state index is 0.351. The summed E-state index contributed by atoms with van der Waals surface area (Å²) in [6, 6.07) is 22.9. The maximum Gasteiger partial charge on any atom is 0.238 e. The molecule has 3 fully saturated rings. The molecule has 2 saturated heterocycles. The highest BCUT2D eigenvalue weighted by Crippen LogP contribution is 2.65. The van der Waals surface area contributed by atoms with E-state index in [2.05, 4.69) is 0 Å². The molecule has 8 rings (SSSR count). The molecule has 2 aliphatic heterocycles. The Kier molecular flexibility index (Phi) is 5.26. The molecule has 0 radical (unpaired) electrons. The summed E-state index contributed by atoms with van der Waals surface area (Å²) in [5, 5.41) is 0. The summed E-state index contributed by atoms with van der Waals surface area (Å²) in [6.07, 6.45) is 3.81. The monoisotopic (exact) mass is 534 g/mol. The van der Waals surface area contributed by atoms with Gasteiger partial charge in [0, 0.05) is 11.3 Å². The highest BCUT2D eigenvalue weighted by molar-refractivity contribution is 6.27. The van der Waals surface area contributed by atoms with Crippen LogP contribution in [0.15, 0.2) is 91.0 Å². The third kappa shape index (κ3) is 3.01. The second kappa shape index (κ2) is 8.64. The Bertz CT molecular complexity index is 1490. The molecule has 3 aromatic carbocycles. The fourth-order valence-electron chi connectivity index (χ4n) is 7.45. The SMILES string of the molecule is COc1ccc(N2C(=O)[C@@H]3C4C=CC(c5ccccc5)([C@@H]3C2=O)[C@H]2C(=O)N(c3ccc(OC)cc3)C(=O)[C@H]42)cc1. The van der Waals surface area contributed by atoms with Gasteiger partial charge in [-0.15, -0.1) is 0 Å². The Morgan fingerprint density at radius 3 is 1.48 bits per heavy atom. The zero-order valence-corrected chi connectivity index (χ0v) is 21.9. The molecule has 6 atom stereocenters. The molecule has 4 amide bonds. The Morgan fingerprint density at radius 2 is 1.05 bits per heavy atom. The fourth-order valence-corrected chi connectivity index (χ4v) is 7.45. The van der Waals surface area contributed by atoms with Crippen LogP contribution in [0, 0.1) is 29.6 Å². The van der Waals surface area contributed by atoms with E-state index in [-0.39, 0.29) is 23.6 Å². The van der Waals surface area contributed by atoms with E-state index in [9.17, 15) is 19.2 Å². The van der Waals surface area contributed by atoms with Crippen LogP contribution in [0.5, 0.6) is 11.5 Å². The van der Waals surface area contributed by atoms with Crippen LogP contribution in [-0.4, -0.2) is 37.8 Å². The maximum atomic E-state index is 14.3. The zero-order valence-electron chi connectivity index (χ0n) is 21.9. The van der Waals surface area contributed by atoms with Gasteiger partial charge in [-0.05, 0) is 54.1 Å². The van der Waals surface area contributed by atoms with E-state index in [4.69, 9.17) is 9.47 Å². The van der Waals surface area contributed by atoms with Gasteiger partial charge < -0.3 is 9.47 Å². The lowest BCUT2D eigenvalue weighted by molar-refractivity contribution is -0.140. The summed E-state index contributed by atoms with van der Waals surface area (Å²) >= 11 is 0. The van der Waals surface area contributed by atoms with Crippen molar-refractivity contribution in [2.45, 2.75) is 5.41 Å². The second-order valence-corrected chi connectivity index (χ2v) is 10.7. The highest BCUT2D eigenvalue weighted by atomic mass is 16.5. The number of methoxy groups -OCH3 is 2. The summed E-state index contributed by atoms with van der Waals surface area (Å²) in [5.74, 6) is -3.99. The van der Waals surface area contributed by atoms with Crippen molar-refractivity contribution in [1.29, 1.82) is 0 Å². The van der Waals surface area contributed by atoms with E-state index < -0.39 is 35.0 Å². The molecular formula is C32H26N2O6. The van der Waals surface area contributed by atoms with Gasteiger partial charge in [0.25, 0.3) is 0 Å². The molecule has 3 aromatic rings. The minimum Gasteiger partial charge on any atom is -0.497 e. The van der Waals surface area contributed by atoms with Crippen molar-refractivity contribution in [2.75, 3.05) is 24.0 Å². The summed E-state index contributed by atoms with van der Waals surface area (Å²) in [7, 11) is 3.09. The van der Waals surface area contributed by atoms with Gasteiger partial charge in [0.15, 0.2) is 0 Å². The van der Waals surface area contributed by atoms with E-state index in [1.54, 1.807) is 62.8 Å². The Labute approximate surface area is 230 Å². The minimum atomic E-state index is -1.16. The van der Waals surface area contributed by atoms with Gasteiger partial charge in [-0.1, -0.05) is 42.5 Å². The Balaban J connectivity index is 1.39. The summed E-state index contributed by atoms with van der Waals surface area (Å²) < 4.78 is 10.5. The second-order valence-electron chi connectivity index (χ2n) is 10.7. The molecule has 3 aliphatic carbocycles. The lowest BCUT2D eigenvalue weighted by Crippen LogP contribution is -2.60. The fraction of sp³-hybridized carbons (Fsp3) is 0.250. The van der Waals surface area contributed by atoms with E-state index in [1.165, 1.54) is 9.80 Å². The largest absolute Gasteiger partial charge is 0.497 e. The van der Waals surface area contributed by atoms with Gasteiger partial charge in [0.2, 0.25) is 23.6 Å². The summed E-state index contributed by atoms with van der Waals surface area (Å²) in [4.78, 5) is 59.2. The quantitative estimate of drug-likeness (QED) is 0.366. The first-order valence-corrected chi connectivity index (χ1v) is 13.2. The van der Waals surface area contributed by atoms with Crippen LogP contribution in [0.4, 0.5) is 11.4 Å². The first-order chi connectivity index (χ1) is 19.4. The van der Waals surface area contributed by atoms with Crippen LogP contribution in [0.1, 0.15) is 5.56 Å². The topological polar surface area (TPSA) is 93.2 Å². The average Bonchev–Trinajstić information content (AvgIpc) is 3.44. The van der Waals surface area contributed by atoms with E-state index >= 15 is 0 Å². The molecule has 8 nitrogen and oxygen atoms in total. The maximum absolute atomic E-state index is 14.3. The first kappa shape index (κ1) is 24.3. The summed E-state index contributed by atoms with van der Waals surface area (Å²) in [6.45, 7) is 0. The first-order valence-electron chi connectivity index (χ1n) is 13.2. The molecule has 1 saturated carbocycles. The summed E-state index contributed by atoms with van der Waals surface area (Å²) in [5.41, 5.74) is 0.462. The number of hydrogen-bond acceptors (Lipinski definition) is 6. The standard InChI is InChI=1S/C32H26N2O6/c1-39-21-12-8-19(9-13-21)33-28(35)24-23-16-17-32(26(24)30(33)37,18-6-4-3-5-7-18)27-25(23)29(36)34(31(27)38)20-10-14-22(40-2)15-11-20/h3-17,23-27H,1-2H3/t23?,24-,25-,26-,27+,32?/m1/s1. The lowest BCUT2D eigenvalue weighted by Gasteiger charge is -2.53. The number of benzene rings is 3. The molecule has 40 heavy (non-hydrogen) atoms. The number of carbonyl (C=O) groups excluding carboxylic acids is 4. The van der Waals surface area contributed by atoms with Crippen LogP contribution in [-0.2, 0) is 24.6 Å². The highest BCUT2D eigenvalue weighted by Gasteiger charge is 2.75. The molecule has 2 unspecified atom stereocenters. The van der Waals surface area contributed by atoms with Gasteiger partial charge in [0.1, 0.15) is 11.5 Å². The van der Waals surface area contributed by atoms with Crippen molar-refractivity contribution in [2.24, 2.45) is 29.6 Å². The molecule has 2 heterocycles. The van der Waals surface area contributed by atoms with Crippen molar-refractivity contribution < 1.29 is 28.7 Å². The number of nitrogens with zero attached hydrogens (tertiary/aromatic N) is 2. The van der Waals surface area contributed by atoms with Crippen molar-refractivity contribution in [1.82, 2.24) is 0 Å². The van der Waals surface area contributed by atoms with Crippen LogP contribution in [0.2, 0.25) is 0 Å². The van der Waals surface area contributed by atoms with Crippen LogP contribution >= 0.6 is 0 Å². The predicted molar refractivity (Wildman–Crippen MR) is 146 cm³/mol. The molecule has 200 valence electrons. The van der Waals surface area contributed by atoms with Crippen molar-refractivity contribution >= 4 is 35.0 Å². The Hall–Kier alpha value is -4.72. The third-order valence-electron chi connectivity index (χ3n) is 9.09.